The Morgan fingerprint density at radius 2 is 1.97 bits per heavy atom. The second kappa shape index (κ2) is 8.21. The molecule has 1 aliphatic carbocycles. The molecule has 0 spiro atoms. The molecule has 1 N–H and O–H groups in total. The average Bonchev–Trinajstić information content (AvgIpc) is 3.40. The number of rotatable bonds is 6. The van der Waals surface area contributed by atoms with Gasteiger partial charge in [-0.3, -0.25) is 9.59 Å². The van der Waals surface area contributed by atoms with Crippen molar-refractivity contribution >= 4 is 34.4 Å². The zero-order valence-corrected chi connectivity index (χ0v) is 17.2. The van der Waals surface area contributed by atoms with E-state index in [1.54, 1.807) is 30.3 Å². The molecule has 1 fully saturated rings. The van der Waals surface area contributed by atoms with Crippen molar-refractivity contribution in [3.05, 3.63) is 81.8 Å². The van der Waals surface area contributed by atoms with E-state index in [0.29, 0.717) is 34.0 Å². The molecule has 1 heterocycles. The van der Waals surface area contributed by atoms with E-state index in [4.69, 9.17) is 6.57 Å². The number of benzene rings is 2. The number of aryl methyl sites for hydroxylation is 1. The topological polar surface area (TPSA) is 50.5 Å². The monoisotopic (exact) mass is 418 g/mol. The summed E-state index contributed by atoms with van der Waals surface area (Å²) in [5, 5.41) is 2.89. The fourth-order valence-corrected chi connectivity index (χ4v) is 4.08. The molecule has 30 heavy (non-hydrogen) atoms. The number of nitrogens with zero attached hydrogens (tertiary/aromatic N) is 1. The molecule has 1 amide bonds. The number of hydrogen-bond acceptors (Lipinski definition) is 3. The van der Waals surface area contributed by atoms with Gasteiger partial charge in [0.05, 0.1) is 11.4 Å². The quantitative estimate of drug-likeness (QED) is 0.360. The zero-order valence-electron chi connectivity index (χ0n) is 16.4. The minimum absolute atomic E-state index is 0.0279. The Morgan fingerprint density at radius 3 is 2.67 bits per heavy atom. The van der Waals surface area contributed by atoms with Crippen LogP contribution in [0.2, 0.25) is 0 Å². The number of ketones is 1. The SMILES string of the molecule is [C-]#[N+]c1ccc(-c2ccc(C(=O)Nc3cc(C(=O)CC4CC4)ccc3C)s2)cc1F. The van der Waals surface area contributed by atoms with Crippen LogP contribution in [0.3, 0.4) is 0 Å². The first-order chi connectivity index (χ1) is 14.4. The van der Waals surface area contributed by atoms with Gasteiger partial charge in [-0.15, -0.1) is 11.3 Å². The number of anilines is 1. The molecule has 3 aromatic rings. The highest BCUT2D eigenvalue weighted by Gasteiger charge is 2.25. The van der Waals surface area contributed by atoms with Crippen molar-refractivity contribution < 1.29 is 14.0 Å². The maximum atomic E-state index is 13.9. The van der Waals surface area contributed by atoms with Crippen LogP contribution in [0.4, 0.5) is 15.8 Å². The normalized spacial score (nSPS) is 13.0. The summed E-state index contributed by atoms with van der Waals surface area (Å²) in [6, 6.07) is 13.2. The highest BCUT2D eigenvalue weighted by Crippen LogP contribution is 2.34. The molecule has 4 nitrogen and oxygen atoms in total. The highest BCUT2D eigenvalue weighted by atomic mass is 32.1. The van der Waals surface area contributed by atoms with Crippen LogP contribution in [0.5, 0.6) is 0 Å². The fourth-order valence-electron chi connectivity index (χ4n) is 3.18. The summed E-state index contributed by atoms with van der Waals surface area (Å²) < 4.78 is 13.9. The molecule has 0 saturated heterocycles. The van der Waals surface area contributed by atoms with Crippen molar-refractivity contribution in [2.24, 2.45) is 5.92 Å². The van der Waals surface area contributed by atoms with Crippen molar-refractivity contribution in [3.8, 4) is 10.4 Å². The Hall–Kier alpha value is -3.30. The van der Waals surface area contributed by atoms with E-state index in [-0.39, 0.29) is 17.4 Å². The van der Waals surface area contributed by atoms with Gasteiger partial charge in [-0.2, -0.15) is 0 Å². The van der Waals surface area contributed by atoms with Gasteiger partial charge in [-0.05, 0) is 61.1 Å². The van der Waals surface area contributed by atoms with Gasteiger partial charge in [0.2, 0.25) is 5.69 Å². The second-order valence-corrected chi connectivity index (χ2v) is 8.58. The Balaban J connectivity index is 1.51. The number of halogens is 1. The zero-order chi connectivity index (χ0) is 21.3. The minimum Gasteiger partial charge on any atom is -0.321 e. The lowest BCUT2D eigenvalue weighted by Gasteiger charge is -2.10. The van der Waals surface area contributed by atoms with Crippen molar-refractivity contribution in [1.29, 1.82) is 0 Å². The molecule has 150 valence electrons. The van der Waals surface area contributed by atoms with Crippen LogP contribution in [0, 0.1) is 25.2 Å². The predicted molar refractivity (Wildman–Crippen MR) is 117 cm³/mol. The summed E-state index contributed by atoms with van der Waals surface area (Å²) in [5.41, 5.74) is 2.70. The van der Waals surface area contributed by atoms with Gasteiger partial charge < -0.3 is 5.32 Å². The lowest BCUT2D eigenvalue weighted by molar-refractivity contribution is 0.0974. The van der Waals surface area contributed by atoms with Gasteiger partial charge in [0.15, 0.2) is 5.78 Å². The molecule has 6 heteroatoms. The van der Waals surface area contributed by atoms with Crippen LogP contribution in [0.15, 0.2) is 48.5 Å². The van der Waals surface area contributed by atoms with E-state index in [1.165, 1.54) is 23.5 Å². The molecule has 1 aliphatic rings. The van der Waals surface area contributed by atoms with E-state index in [9.17, 15) is 14.0 Å². The lowest BCUT2D eigenvalue weighted by atomic mass is 10.0. The Bertz CT molecular complexity index is 1190. The second-order valence-electron chi connectivity index (χ2n) is 7.50. The molecule has 0 bridgehead atoms. The lowest BCUT2D eigenvalue weighted by Crippen LogP contribution is -2.12. The Kier molecular flexibility index (Phi) is 5.47. The molecule has 1 saturated carbocycles. The first-order valence-electron chi connectivity index (χ1n) is 9.67. The number of nitrogens with one attached hydrogen (secondary N) is 1. The smallest absolute Gasteiger partial charge is 0.265 e. The van der Waals surface area contributed by atoms with Crippen molar-refractivity contribution in [2.45, 2.75) is 26.2 Å². The van der Waals surface area contributed by atoms with Gasteiger partial charge >= 0.3 is 0 Å². The summed E-state index contributed by atoms with van der Waals surface area (Å²) in [4.78, 5) is 29.5. The van der Waals surface area contributed by atoms with Gasteiger partial charge in [-0.25, -0.2) is 9.24 Å². The maximum Gasteiger partial charge on any atom is 0.265 e. The van der Waals surface area contributed by atoms with Crippen LogP contribution in [-0.4, -0.2) is 11.7 Å². The largest absolute Gasteiger partial charge is 0.321 e. The van der Waals surface area contributed by atoms with E-state index in [0.717, 1.165) is 23.3 Å². The third-order valence-corrected chi connectivity index (χ3v) is 6.29. The number of Topliss-reactive ketones (excluding diaryl/α,β-unsaturated/α-hetero) is 1. The van der Waals surface area contributed by atoms with Crippen molar-refractivity contribution in [2.75, 3.05) is 5.32 Å². The highest BCUT2D eigenvalue weighted by molar-refractivity contribution is 7.17. The van der Waals surface area contributed by atoms with Crippen LogP contribution in [-0.2, 0) is 0 Å². The third-order valence-electron chi connectivity index (χ3n) is 5.16. The van der Waals surface area contributed by atoms with Crippen molar-refractivity contribution in [1.82, 2.24) is 0 Å². The van der Waals surface area contributed by atoms with E-state index in [1.807, 2.05) is 13.0 Å². The first-order valence-corrected chi connectivity index (χ1v) is 10.5. The number of hydrogen-bond donors (Lipinski definition) is 1. The van der Waals surface area contributed by atoms with E-state index < -0.39 is 5.82 Å². The van der Waals surface area contributed by atoms with Crippen LogP contribution >= 0.6 is 11.3 Å². The summed E-state index contributed by atoms with van der Waals surface area (Å²) in [5.74, 6) is -0.240. The molecule has 0 radical (unpaired) electrons. The Labute approximate surface area is 178 Å². The van der Waals surface area contributed by atoms with Crippen LogP contribution < -0.4 is 5.32 Å². The van der Waals surface area contributed by atoms with Gasteiger partial charge in [0, 0.05) is 22.5 Å². The number of carbonyl (C=O) groups excluding carboxylic acids is 2. The molecule has 0 aliphatic heterocycles. The fraction of sp³-hybridized carbons (Fsp3) is 0.208. The molecule has 0 atom stereocenters. The number of amides is 1. The average molecular weight is 418 g/mol. The molecule has 2 aromatic carbocycles. The standard InChI is InChI=1S/C24H19FN2O2S/c1-14-3-6-16(21(28)11-15-4-5-15)13-20(14)27-24(29)23-10-9-22(30-23)17-7-8-19(26-2)18(25)12-17/h3,6-10,12-13,15H,4-5,11H2,1H3,(H,27,29). The van der Waals surface area contributed by atoms with Crippen molar-refractivity contribution in [3.63, 3.8) is 0 Å². The van der Waals surface area contributed by atoms with Gasteiger partial charge in [-0.1, -0.05) is 24.3 Å². The Morgan fingerprint density at radius 1 is 1.17 bits per heavy atom. The van der Waals surface area contributed by atoms with E-state index >= 15 is 0 Å². The minimum atomic E-state index is -0.579. The van der Waals surface area contributed by atoms with Crippen LogP contribution in [0.1, 0.15) is 44.9 Å². The maximum absolute atomic E-state index is 13.9. The molecule has 1 aromatic heterocycles. The summed E-state index contributed by atoms with van der Waals surface area (Å²) in [6.07, 6.45) is 2.80. The molecule has 4 rings (SSSR count). The first kappa shape index (κ1) is 20.0. The molecular formula is C24H19FN2O2S. The summed E-state index contributed by atoms with van der Waals surface area (Å²) in [7, 11) is 0. The molecular weight excluding hydrogens is 399 g/mol. The number of thiophene rings is 1. The summed E-state index contributed by atoms with van der Waals surface area (Å²) in [6.45, 7) is 8.82. The number of carbonyl (C=O) groups is 2. The predicted octanol–water partition coefficient (Wildman–Crippen LogP) is 6.65. The van der Waals surface area contributed by atoms with E-state index in [2.05, 4.69) is 10.2 Å². The third kappa shape index (κ3) is 4.32. The van der Waals surface area contributed by atoms with Gasteiger partial charge in [0.1, 0.15) is 5.82 Å². The molecule has 0 unspecified atom stereocenters. The summed E-state index contributed by atoms with van der Waals surface area (Å²) >= 11 is 1.25. The van der Waals surface area contributed by atoms with Crippen LogP contribution in [0.25, 0.3) is 15.3 Å². The van der Waals surface area contributed by atoms with Gasteiger partial charge in [0.25, 0.3) is 5.91 Å².